The van der Waals surface area contributed by atoms with Crippen LogP contribution in [-0.4, -0.2) is 21.4 Å². The Balaban J connectivity index is 1.97. The van der Waals surface area contributed by atoms with Gasteiger partial charge in [-0.15, -0.1) is 0 Å². The van der Waals surface area contributed by atoms with Crippen LogP contribution < -0.4 is 10.1 Å². The van der Waals surface area contributed by atoms with E-state index >= 15 is 0 Å². The van der Waals surface area contributed by atoms with E-state index in [1.54, 1.807) is 24.3 Å². The minimum Gasteiger partial charge on any atom is -0.497 e. The largest absolute Gasteiger partial charge is 0.497 e. The lowest BCUT2D eigenvalue weighted by Gasteiger charge is -2.11. The monoisotopic (exact) mass is 435 g/mol. The Morgan fingerprint density at radius 2 is 1.43 bits per heavy atom. The average molecular weight is 436 g/mol. The molecule has 0 heterocycles. The summed E-state index contributed by atoms with van der Waals surface area (Å²) in [5.41, 5.74) is 0.668. The van der Waals surface area contributed by atoms with Crippen LogP contribution in [0.5, 0.6) is 5.75 Å². The van der Waals surface area contributed by atoms with Gasteiger partial charge in [0.15, 0.2) is 0 Å². The predicted octanol–water partition coefficient (Wildman–Crippen LogP) is 5.09. The second kappa shape index (κ2) is 8.22. The standard InChI is InChI=1S/C20H15Cl2NO4S/c1-27-17-10-16(23-20(24)13-2-4-14(21)5-3-13)11-19(12-17)28(25,26)18-8-6-15(22)7-9-18/h2-12H,1H3,(H,23,24). The molecule has 3 rings (SSSR count). The fourth-order valence-electron chi connectivity index (χ4n) is 2.47. The molecule has 3 aromatic carbocycles. The molecule has 0 saturated heterocycles. The third kappa shape index (κ3) is 4.47. The highest BCUT2D eigenvalue weighted by atomic mass is 35.5. The van der Waals surface area contributed by atoms with Gasteiger partial charge in [0.2, 0.25) is 9.84 Å². The number of amides is 1. The molecule has 0 aromatic heterocycles. The fourth-order valence-corrected chi connectivity index (χ4v) is 4.04. The van der Waals surface area contributed by atoms with Crippen molar-refractivity contribution in [1.82, 2.24) is 0 Å². The minimum atomic E-state index is -3.82. The molecule has 0 spiro atoms. The summed E-state index contributed by atoms with van der Waals surface area (Å²) in [4.78, 5) is 12.5. The van der Waals surface area contributed by atoms with E-state index < -0.39 is 15.7 Å². The molecule has 0 aliphatic rings. The smallest absolute Gasteiger partial charge is 0.255 e. The Morgan fingerprint density at radius 3 is 2.00 bits per heavy atom. The Kier molecular flexibility index (Phi) is 5.93. The number of sulfone groups is 1. The lowest BCUT2D eigenvalue weighted by atomic mass is 10.2. The fraction of sp³-hybridized carbons (Fsp3) is 0.0500. The van der Waals surface area contributed by atoms with E-state index in [1.807, 2.05) is 0 Å². The molecule has 1 amide bonds. The van der Waals surface area contributed by atoms with Crippen molar-refractivity contribution in [3.05, 3.63) is 82.3 Å². The van der Waals surface area contributed by atoms with Gasteiger partial charge in [-0.3, -0.25) is 4.79 Å². The molecular weight excluding hydrogens is 421 g/mol. The quantitative estimate of drug-likeness (QED) is 0.605. The number of rotatable bonds is 5. The van der Waals surface area contributed by atoms with E-state index in [1.165, 1.54) is 49.6 Å². The van der Waals surface area contributed by atoms with Crippen molar-refractivity contribution in [3.8, 4) is 5.75 Å². The van der Waals surface area contributed by atoms with Gasteiger partial charge in [-0.05, 0) is 60.7 Å². The van der Waals surface area contributed by atoms with Gasteiger partial charge in [-0.1, -0.05) is 23.2 Å². The van der Waals surface area contributed by atoms with Crippen molar-refractivity contribution >= 4 is 44.6 Å². The van der Waals surface area contributed by atoms with E-state index in [9.17, 15) is 13.2 Å². The highest BCUT2D eigenvalue weighted by Gasteiger charge is 2.20. The molecule has 0 atom stereocenters. The second-order valence-corrected chi connectivity index (χ2v) is 8.64. The summed E-state index contributed by atoms with van der Waals surface area (Å²) >= 11 is 11.7. The molecule has 0 bridgehead atoms. The van der Waals surface area contributed by atoms with E-state index in [2.05, 4.69) is 5.32 Å². The van der Waals surface area contributed by atoms with Gasteiger partial charge in [-0.25, -0.2) is 8.42 Å². The van der Waals surface area contributed by atoms with Crippen molar-refractivity contribution in [2.45, 2.75) is 9.79 Å². The normalized spacial score (nSPS) is 11.1. The molecule has 8 heteroatoms. The predicted molar refractivity (Wildman–Crippen MR) is 109 cm³/mol. The number of nitrogens with one attached hydrogen (secondary N) is 1. The lowest BCUT2D eigenvalue weighted by molar-refractivity contribution is 0.102. The molecule has 144 valence electrons. The maximum absolute atomic E-state index is 12.9. The van der Waals surface area contributed by atoms with Crippen molar-refractivity contribution < 1.29 is 17.9 Å². The van der Waals surface area contributed by atoms with Crippen molar-refractivity contribution in [2.75, 3.05) is 12.4 Å². The molecule has 1 N–H and O–H groups in total. The van der Waals surface area contributed by atoms with E-state index in [0.717, 1.165) is 0 Å². The summed E-state index contributed by atoms with van der Waals surface area (Å²) < 4.78 is 31.1. The number of carbonyl (C=O) groups is 1. The van der Waals surface area contributed by atoms with Crippen LogP contribution in [0.3, 0.4) is 0 Å². The SMILES string of the molecule is COc1cc(NC(=O)c2ccc(Cl)cc2)cc(S(=O)(=O)c2ccc(Cl)cc2)c1. The second-order valence-electron chi connectivity index (χ2n) is 5.82. The Bertz CT molecular complexity index is 1110. The number of hydrogen-bond donors (Lipinski definition) is 1. The third-order valence-corrected chi connectivity index (χ3v) is 6.17. The van der Waals surface area contributed by atoms with Gasteiger partial charge in [0, 0.05) is 27.4 Å². The summed E-state index contributed by atoms with van der Waals surface area (Å²) in [6.07, 6.45) is 0. The van der Waals surface area contributed by atoms with Gasteiger partial charge in [0.25, 0.3) is 5.91 Å². The molecule has 5 nitrogen and oxygen atoms in total. The first kappa shape index (κ1) is 20.2. The van der Waals surface area contributed by atoms with Crippen LogP contribution in [-0.2, 0) is 9.84 Å². The maximum atomic E-state index is 12.9. The van der Waals surface area contributed by atoms with Gasteiger partial charge in [-0.2, -0.15) is 0 Å². The molecule has 0 fully saturated rings. The van der Waals surface area contributed by atoms with Crippen LogP contribution in [0, 0.1) is 0 Å². The topological polar surface area (TPSA) is 72.5 Å². The zero-order valence-electron chi connectivity index (χ0n) is 14.6. The van der Waals surface area contributed by atoms with Crippen LogP contribution >= 0.6 is 23.2 Å². The Hall–Kier alpha value is -2.54. The highest BCUT2D eigenvalue weighted by Crippen LogP contribution is 2.29. The zero-order valence-corrected chi connectivity index (χ0v) is 17.0. The summed E-state index contributed by atoms with van der Waals surface area (Å²) in [6, 6.07) is 16.5. The summed E-state index contributed by atoms with van der Waals surface area (Å²) in [5, 5.41) is 3.62. The molecule has 0 saturated carbocycles. The number of methoxy groups -OCH3 is 1. The summed E-state index contributed by atoms with van der Waals surface area (Å²) in [6.45, 7) is 0. The van der Waals surface area contributed by atoms with E-state index in [-0.39, 0.29) is 15.5 Å². The first-order valence-electron chi connectivity index (χ1n) is 8.06. The van der Waals surface area contributed by atoms with Crippen LogP contribution in [0.15, 0.2) is 76.5 Å². The average Bonchev–Trinajstić information content (AvgIpc) is 2.68. The van der Waals surface area contributed by atoms with Gasteiger partial charge in [0.1, 0.15) is 5.75 Å². The number of anilines is 1. The molecule has 0 aliphatic heterocycles. The van der Waals surface area contributed by atoms with Crippen LogP contribution in [0.2, 0.25) is 10.0 Å². The van der Waals surface area contributed by atoms with Gasteiger partial charge in [0.05, 0.1) is 16.9 Å². The maximum Gasteiger partial charge on any atom is 0.255 e. The van der Waals surface area contributed by atoms with Crippen molar-refractivity contribution in [1.29, 1.82) is 0 Å². The number of ether oxygens (including phenoxy) is 1. The number of carbonyl (C=O) groups excluding carboxylic acids is 1. The van der Waals surface area contributed by atoms with Crippen molar-refractivity contribution in [2.24, 2.45) is 0 Å². The first-order chi connectivity index (χ1) is 13.3. The summed E-state index contributed by atoms with van der Waals surface area (Å²) in [7, 11) is -2.41. The van der Waals surface area contributed by atoms with Gasteiger partial charge < -0.3 is 10.1 Å². The number of halogens is 2. The number of hydrogen-bond acceptors (Lipinski definition) is 4. The zero-order chi connectivity index (χ0) is 20.3. The summed E-state index contributed by atoms with van der Waals surface area (Å²) in [5.74, 6) is -0.110. The van der Waals surface area contributed by atoms with Crippen LogP contribution in [0.4, 0.5) is 5.69 Å². The lowest BCUT2D eigenvalue weighted by Crippen LogP contribution is -2.12. The van der Waals surface area contributed by atoms with E-state index in [4.69, 9.17) is 27.9 Å². The number of benzene rings is 3. The third-order valence-electron chi connectivity index (χ3n) is 3.91. The molecular formula is C20H15Cl2NO4S. The van der Waals surface area contributed by atoms with Crippen LogP contribution in [0.1, 0.15) is 10.4 Å². The molecule has 0 radical (unpaired) electrons. The van der Waals surface area contributed by atoms with E-state index in [0.29, 0.717) is 21.4 Å². The van der Waals surface area contributed by atoms with Crippen LogP contribution in [0.25, 0.3) is 0 Å². The first-order valence-corrected chi connectivity index (χ1v) is 10.3. The molecule has 0 aliphatic carbocycles. The molecule has 28 heavy (non-hydrogen) atoms. The van der Waals surface area contributed by atoms with Crippen molar-refractivity contribution in [3.63, 3.8) is 0 Å². The Morgan fingerprint density at radius 1 is 0.857 bits per heavy atom. The van der Waals surface area contributed by atoms with Gasteiger partial charge >= 0.3 is 0 Å². The Labute approximate surface area is 172 Å². The molecule has 3 aromatic rings. The highest BCUT2D eigenvalue weighted by molar-refractivity contribution is 7.91. The minimum absolute atomic E-state index is 0.0134. The molecule has 0 unspecified atom stereocenters.